The molecule has 2 aliphatic heterocycles. The number of rotatable bonds is 1. The maximum Gasteiger partial charge on any atom is 0.234 e. The molecule has 0 aliphatic carbocycles. The van der Waals surface area contributed by atoms with Crippen LogP contribution in [0.2, 0.25) is 5.02 Å². The van der Waals surface area contributed by atoms with Crippen molar-refractivity contribution in [2.75, 3.05) is 6.54 Å². The molecule has 1 amide bonds. The molecule has 1 N–H and O–H groups in total. The van der Waals surface area contributed by atoms with E-state index in [2.05, 4.69) is 10.3 Å². The molecule has 0 spiro atoms. The van der Waals surface area contributed by atoms with Crippen molar-refractivity contribution in [1.29, 1.82) is 0 Å². The van der Waals surface area contributed by atoms with Crippen molar-refractivity contribution in [2.45, 2.75) is 12.0 Å². The average molecular weight is 324 g/mol. The summed E-state index contributed by atoms with van der Waals surface area (Å²) in [5.74, 6) is -0.379. The summed E-state index contributed by atoms with van der Waals surface area (Å²) >= 11 is 6.21. The first kappa shape index (κ1) is 14.2. The zero-order valence-corrected chi connectivity index (χ0v) is 13.0. The van der Waals surface area contributed by atoms with Crippen molar-refractivity contribution in [3.8, 4) is 0 Å². The van der Waals surface area contributed by atoms with E-state index >= 15 is 0 Å². The lowest BCUT2D eigenvalue weighted by atomic mass is 9.85. The number of hydrogen-bond acceptors (Lipinski definition) is 3. The van der Waals surface area contributed by atoms with Crippen LogP contribution in [0.4, 0.5) is 0 Å². The van der Waals surface area contributed by atoms with Gasteiger partial charge in [0.25, 0.3) is 0 Å². The van der Waals surface area contributed by atoms with E-state index in [9.17, 15) is 4.79 Å². The number of fused-ring (bicyclic) bond motifs is 3. The van der Waals surface area contributed by atoms with Gasteiger partial charge in [-0.15, -0.1) is 0 Å². The first-order chi connectivity index (χ1) is 11.2. The highest BCUT2D eigenvalue weighted by Crippen LogP contribution is 2.33. The summed E-state index contributed by atoms with van der Waals surface area (Å²) in [4.78, 5) is 21.6. The Balaban J connectivity index is 1.94. The highest BCUT2D eigenvalue weighted by Gasteiger charge is 2.36. The lowest BCUT2D eigenvalue weighted by molar-refractivity contribution is -0.121. The van der Waals surface area contributed by atoms with Crippen LogP contribution in [0, 0.1) is 0 Å². The fourth-order valence-electron chi connectivity index (χ4n) is 3.17. The Kier molecular flexibility index (Phi) is 3.46. The van der Waals surface area contributed by atoms with Crippen LogP contribution in [-0.2, 0) is 4.79 Å². The Morgan fingerprint density at radius 2 is 1.96 bits per heavy atom. The second-order valence-corrected chi connectivity index (χ2v) is 6.06. The lowest BCUT2D eigenvalue weighted by Crippen LogP contribution is -2.40. The van der Waals surface area contributed by atoms with Gasteiger partial charge < -0.3 is 5.32 Å². The highest BCUT2D eigenvalue weighted by molar-refractivity contribution is 6.31. The number of benzene rings is 2. The van der Waals surface area contributed by atoms with Crippen molar-refractivity contribution in [3.63, 3.8) is 0 Å². The second kappa shape index (κ2) is 5.63. The Morgan fingerprint density at radius 3 is 2.78 bits per heavy atom. The molecule has 0 aromatic heterocycles. The normalized spacial score (nSPS) is 22.5. The molecule has 0 saturated carbocycles. The van der Waals surface area contributed by atoms with Gasteiger partial charge in [-0.2, -0.15) is 0 Å². The Bertz CT molecular complexity index is 829. The highest BCUT2D eigenvalue weighted by atomic mass is 35.5. The van der Waals surface area contributed by atoms with Crippen LogP contribution in [0.1, 0.15) is 22.6 Å². The van der Waals surface area contributed by atoms with Gasteiger partial charge in [0.1, 0.15) is 0 Å². The summed E-state index contributed by atoms with van der Waals surface area (Å²) in [6.45, 7) is 0.477. The van der Waals surface area contributed by atoms with Crippen LogP contribution >= 0.6 is 11.6 Å². The number of carbonyl (C=O) groups is 1. The van der Waals surface area contributed by atoms with Crippen molar-refractivity contribution < 1.29 is 4.79 Å². The van der Waals surface area contributed by atoms with E-state index in [0.29, 0.717) is 11.6 Å². The number of halogens is 1. The molecule has 2 aromatic carbocycles. The SMILES string of the molecule is O=C1NC=NC2CN=C(c3ccccc3)c3cc(Cl)ccc3C12. The molecule has 0 fully saturated rings. The summed E-state index contributed by atoms with van der Waals surface area (Å²) in [6.07, 6.45) is 1.47. The second-order valence-electron chi connectivity index (χ2n) is 5.62. The van der Waals surface area contributed by atoms with Crippen LogP contribution in [0.15, 0.2) is 58.5 Å². The number of carbonyl (C=O) groups excluding carboxylic acids is 1. The molecule has 2 aliphatic rings. The molecule has 2 heterocycles. The van der Waals surface area contributed by atoms with E-state index in [0.717, 1.165) is 22.4 Å². The lowest BCUT2D eigenvalue weighted by Gasteiger charge is -2.25. The number of amides is 1. The average Bonchev–Trinajstić information content (AvgIpc) is 2.73. The largest absolute Gasteiger partial charge is 0.317 e. The zero-order chi connectivity index (χ0) is 15.8. The Hall–Kier alpha value is -2.46. The van der Waals surface area contributed by atoms with Crippen molar-refractivity contribution >= 4 is 29.6 Å². The van der Waals surface area contributed by atoms with E-state index in [-0.39, 0.29) is 17.9 Å². The van der Waals surface area contributed by atoms with Gasteiger partial charge in [-0.25, -0.2) is 0 Å². The minimum atomic E-state index is -0.336. The predicted molar refractivity (Wildman–Crippen MR) is 91.6 cm³/mol. The topological polar surface area (TPSA) is 53.8 Å². The fraction of sp³-hybridized carbons (Fsp3) is 0.167. The summed E-state index contributed by atoms with van der Waals surface area (Å²) < 4.78 is 0. The minimum Gasteiger partial charge on any atom is -0.317 e. The van der Waals surface area contributed by atoms with E-state index in [1.807, 2.05) is 48.5 Å². The standard InChI is InChI=1S/C18H14ClN3O/c19-12-6-7-13-14(8-12)17(11-4-2-1-3-5-11)20-9-15-16(13)18(23)22-10-21-15/h1-8,10,15-16H,9H2,(H,21,22,23). The first-order valence-electron chi connectivity index (χ1n) is 7.46. The number of hydrogen-bond donors (Lipinski definition) is 1. The molecule has 0 bridgehead atoms. The molecule has 0 saturated heterocycles. The van der Waals surface area contributed by atoms with Gasteiger partial charge in [0.2, 0.25) is 5.91 Å². The number of aliphatic imine (C=N–C) groups is 2. The third kappa shape index (κ3) is 2.45. The van der Waals surface area contributed by atoms with E-state index in [4.69, 9.17) is 16.6 Å². The predicted octanol–water partition coefficient (Wildman–Crippen LogP) is 2.80. The van der Waals surface area contributed by atoms with E-state index < -0.39 is 0 Å². The van der Waals surface area contributed by atoms with E-state index in [1.165, 1.54) is 6.34 Å². The molecule has 5 heteroatoms. The third-order valence-corrected chi connectivity index (χ3v) is 4.46. The van der Waals surface area contributed by atoms with Crippen LogP contribution in [0.5, 0.6) is 0 Å². The quantitative estimate of drug-likeness (QED) is 0.862. The zero-order valence-electron chi connectivity index (χ0n) is 12.2. The Labute approximate surface area is 138 Å². The number of nitrogens with one attached hydrogen (secondary N) is 1. The molecule has 4 nitrogen and oxygen atoms in total. The summed E-state index contributed by atoms with van der Waals surface area (Å²) in [5, 5.41) is 3.33. The molecule has 2 atom stereocenters. The molecule has 23 heavy (non-hydrogen) atoms. The van der Waals surface area contributed by atoms with Crippen molar-refractivity contribution in [2.24, 2.45) is 9.98 Å². The molecule has 4 rings (SSSR count). The van der Waals surface area contributed by atoms with Gasteiger partial charge in [0.15, 0.2) is 0 Å². The van der Waals surface area contributed by atoms with Crippen LogP contribution in [-0.4, -0.2) is 30.5 Å². The van der Waals surface area contributed by atoms with E-state index in [1.54, 1.807) is 0 Å². The van der Waals surface area contributed by atoms with Gasteiger partial charge in [-0.1, -0.05) is 48.0 Å². The van der Waals surface area contributed by atoms with Gasteiger partial charge in [-0.05, 0) is 17.7 Å². The summed E-state index contributed by atoms with van der Waals surface area (Å²) in [6, 6.07) is 15.4. The smallest absolute Gasteiger partial charge is 0.234 e. The van der Waals surface area contributed by atoms with Crippen LogP contribution in [0.3, 0.4) is 0 Å². The fourth-order valence-corrected chi connectivity index (χ4v) is 3.34. The molecule has 2 unspecified atom stereocenters. The Morgan fingerprint density at radius 1 is 1.13 bits per heavy atom. The molecular formula is C18H14ClN3O. The monoisotopic (exact) mass is 323 g/mol. The molecule has 114 valence electrons. The van der Waals surface area contributed by atoms with Crippen molar-refractivity contribution in [1.82, 2.24) is 5.32 Å². The summed E-state index contributed by atoms with van der Waals surface area (Å²) in [5.41, 5.74) is 3.71. The first-order valence-corrected chi connectivity index (χ1v) is 7.83. The van der Waals surface area contributed by atoms with Gasteiger partial charge in [0.05, 0.1) is 30.6 Å². The molecule has 2 aromatic rings. The van der Waals surface area contributed by atoms with Gasteiger partial charge in [0, 0.05) is 16.1 Å². The molecular weight excluding hydrogens is 310 g/mol. The van der Waals surface area contributed by atoms with Crippen LogP contribution < -0.4 is 5.32 Å². The maximum absolute atomic E-state index is 12.4. The van der Waals surface area contributed by atoms with Gasteiger partial charge in [-0.3, -0.25) is 14.8 Å². The summed E-state index contributed by atoms with van der Waals surface area (Å²) in [7, 11) is 0. The van der Waals surface area contributed by atoms with Gasteiger partial charge >= 0.3 is 0 Å². The molecule has 0 radical (unpaired) electrons. The minimum absolute atomic E-state index is 0.0434. The third-order valence-electron chi connectivity index (χ3n) is 4.23. The maximum atomic E-state index is 12.4. The number of nitrogens with zero attached hydrogens (tertiary/aromatic N) is 2. The van der Waals surface area contributed by atoms with Crippen molar-refractivity contribution in [3.05, 3.63) is 70.2 Å². The van der Waals surface area contributed by atoms with Crippen LogP contribution in [0.25, 0.3) is 0 Å².